The van der Waals surface area contributed by atoms with Gasteiger partial charge in [-0.2, -0.15) is 0 Å². The maximum Gasteiger partial charge on any atom is 0.257 e. The summed E-state index contributed by atoms with van der Waals surface area (Å²) in [5.41, 5.74) is 1.43. The maximum absolute atomic E-state index is 11.8. The van der Waals surface area contributed by atoms with E-state index in [4.69, 9.17) is 9.52 Å². The fourth-order valence-corrected chi connectivity index (χ4v) is 1.33. The van der Waals surface area contributed by atoms with Crippen molar-refractivity contribution in [1.82, 2.24) is 4.90 Å². The molecule has 1 rings (SSSR count). The van der Waals surface area contributed by atoms with Crippen LogP contribution in [0.3, 0.4) is 0 Å². The Labute approximate surface area is 83.1 Å². The molecule has 0 spiro atoms. The highest BCUT2D eigenvalue weighted by Crippen LogP contribution is 2.16. The van der Waals surface area contributed by atoms with Crippen molar-refractivity contribution in [1.29, 1.82) is 0 Å². The van der Waals surface area contributed by atoms with E-state index in [9.17, 15) is 4.79 Å². The van der Waals surface area contributed by atoms with E-state index in [2.05, 4.69) is 0 Å². The molecule has 0 saturated carbocycles. The van der Waals surface area contributed by atoms with Gasteiger partial charge in [0.2, 0.25) is 0 Å². The van der Waals surface area contributed by atoms with Gasteiger partial charge >= 0.3 is 0 Å². The van der Waals surface area contributed by atoms with Gasteiger partial charge < -0.3 is 14.4 Å². The molecule has 0 aromatic carbocycles. The van der Waals surface area contributed by atoms with Gasteiger partial charge in [0.25, 0.3) is 5.91 Å². The van der Waals surface area contributed by atoms with Crippen LogP contribution in [-0.4, -0.2) is 36.1 Å². The molecule has 0 bridgehead atoms. The van der Waals surface area contributed by atoms with E-state index in [0.29, 0.717) is 17.9 Å². The summed E-state index contributed by atoms with van der Waals surface area (Å²) in [5, 5.41) is 8.70. The summed E-state index contributed by atoms with van der Waals surface area (Å²) in [6, 6.07) is 0. The van der Waals surface area contributed by atoms with Crippen molar-refractivity contribution >= 4 is 5.91 Å². The fraction of sp³-hybridized carbons (Fsp3) is 0.500. The number of aliphatic hydroxyl groups is 1. The Kier molecular flexibility index (Phi) is 3.30. The number of hydrogen-bond acceptors (Lipinski definition) is 3. The van der Waals surface area contributed by atoms with Crippen molar-refractivity contribution in [2.24, 2.45) is 0 Å². The van der Waals surface area contributed by atoms with Crippen molar-refractivity contribution in [3.8, 4) is 0 Å². The zero-order chi connectivity index (χ0) is 10.7. The van der Waals surface area contributed by atoms with Crippen LogP contribution in [0.4, 0.5) is 0 Å². The molecule has 0 aliphatic carbocycles. The molecule has 0 atom stereocenters. The quantitative estimate of drug-likeness (QED) is 0.785. The molecule has 0 aliphatic rings. The lowest BCUT2D eigenvalue weighted by molar-refractivity contribution is 0.0764. The average Bonchev–Trinajstić information content (AvgIpc) is 2.46. The lowest BCUT2D eigenvalue weighted by Gasteiger charge is -2.15. The van der Waals surface area contributed by atoms with Crippen LogP contribution >= 0.6 is 0 Å². The first-order chi connectivity index (χ1) is 6.57. The van der Waals surface area contributed by atoms with Gasteiger partial charge in [0.05, 0.1) is 18.4 Å². The Hall–Kier alpha value is -1.29. The van der Waals surface area contributed by atoms with Crippen LogP contribution in [0.5, 0.6) is 0 Å². The van der Waals surface area contributed by atoms with E-state index in [-0.39, 0.29) is 12.5 Å². The molecular formula is C10H15NO3. The molecule has 1 heterocycles. The predicted octanol–water partition coefficient (Wildman–Crippen LogP) is 0.961. The highest BCUT2D eigenvalue weighted by molar-refractivity contribution is 5.96. The molecule has 4 heteroatoms. The van der Waals surface area contributed by atoms with Crippen LogP contribution in [0, 0.1) is 13.8 Å². The molecule has 78 valence electrons. The minimum Gasteiger partial charge on any atom is -0.469 e. The maximum atomic E-state index is 11.8. The molecule has 4 nitrogen and oxygen atoms in total. The first-order valence-corrected chi connectivity index (χ1v) is 4.49. The zero-order valence-corrected chi connectivity index (χ0v) is 8.70. The molecular weight excluding hydrogens is 182 g/mol. The summed E-state index contributed by atoms with van der Waals surface area (Å²) >= 11 is 0. The minimum absolute atomic E-state index is 0.0296. The summed E-state index contributed by atoms with van der Waals surface area (Å²) in [6.07, 6.45) is 1.56. The van der Waals surface area contributed by atoms with Crippen LogP contribution < -0.4 is 0 Å². The lowest BCUT2D eigenvalue weighted by Crippen LogP contribution is -2.30. The number of aliphatic hydroxyl groups excluding tert-OH is 1. The van der Waals surface area contributed by atoms with E-state index in [1.54, 1.807) is 20.2 Å². The van der Waals surface area contributed by atoms with Gasteiger partial charge in [-0.1, -0.05) is 0 Å². The summed E-state index contributed by atoms with van der Waals surface area (Å²) in [4.78, 5) is 13.3. The minimum atomic E-state index is -0.109. The van der Waals surface area contributed by atoms with Gasteiger partial charge in [0.15, 0.2) is 0 Å². The summed E-state index contributed by atoms with van der Waals surface area (Å²) in [6.45, 7) is 3.89. The smallest absolute Gasteiger partial charge is 0.257 e. The first kappa shape index (κ1) is 10.8. The Morgan fingerprint density at radius 2 is 2.21 bits per heavy atom. The third-order valence-electron chi connectivity index (χ3n) is 2.15. The van der Waals surface area contributed by atoms with Crippen molar-refractivity contribution in [3.63, 3.8) is 0 Å². The fourth-order valence-electron chi connectivity index (χ4n) is 1.33. The van der Waals surface area contributed by atoms with Crippen LogP contribution in [0.15, 0.2) is 10.7 Å². The summed E-state index contributed by atoms with van der Waals surface area (Å²) in [7, 11) is 1.66. The number of rotatable bonds is 3. The van der Waals surface area contributed by atoms with Gasteiger partial charge in [0.1, 0.15) is 5.76 Å². The van der Waals surface area contributed by atoms with Crippen molar-refractivity contribution in [2.75, 3.05) is 20.2 Å². The highest BCUT2D eigenvalue weighted by Gasteiger charge is 2.18. The Balaban J connectivity index is 2.88. The van der Waals surface area contributed by atoms with Crippen LogP contribution in [0.25, 0.3) is 0 Å². The van der Waals surface area contributed by atoms with Gasteiger partial charge in [0, 0.05) is 19.2 Å². The van der Waals surface area contributed by atoms with Crippen LogP contribution in [0.1, 0.15) is 21.7 Å². The second kappa shape index (κ2) is 4.28. The highest BCUT2D eigenvalue weighted by atomic mass is 16.3. The molecule has 0 fully saturated rings. The van der Waals surface area contributed by atoms with Crippen molar-refractivity contribution < 1.29 is 14.3 Å². The standard InChI is InChI=1S/C10H15NO3/c1-7-6-14-8(2)9(7)10(13)11(3)4-5-12/h6,12H,4-5H2,1-3H3. The Bertz CT molecular complexity index is 311. The molecule has 1 amide bonds. The van der Waals surface area contributed by atoms with Crippen molar-refractivity contribution in [3.05, 3.63) is 23.2 Å². The third kappa shape index (κ3) is 1.96. The van der Waals surface area contributed by atoms with E-state index in [1.807, 2.05) is 6.92 Å². The van der Waals surface area contributed by atoms with E-state index in [0.717, 1.165) is 5.56 Å². The van der Waals surface area contributed by atoms with E-state index >= 15 is 0 Å². The number of nitrogens with zero attached hydrogens (tertiary/aromatic N) is 1. The number of hydrogen-bond donors (Lipinski definition) is 1. The summed E-state index contributed by atoms with van der Waals surface area (Å²) < 4.78 is 5.13. The number of carbonyl (C=O) groups excluding carboxylic acids is 1. The SMILES string of the molecule is Cc1coc(C)c1C(=O)N(C)CCO. The second-order valence-electron chi connectivity index (χ2n) is 3.30. The van der Waals surface area contributed by atoms with E-state index in [1.165, 1.54) is 4.90 Å². The third-order valence-corrected chi connectivity index (χ3v) is 2.15. The number of carbonyl (C=O) groups is 1. The van der Waals surface area contributed by atoms with Crippen LogP contribution in [-0.2, 0) is 0 Å². The molecule has 0 saturated heterocycles. The largest absolute Gasteiger partial charge is 0.469 e. The van der Waals surface area contributed by atoms with Crippen LogP contribution in [0.2, 0.25) is 0 Å². The van der Waals surface area contributed by atoms with Gasteiger partial charge in [-0.15, -0.1) is 0 Å². The Morgan fingerprint density at radius 3 is 2.64 bits per heavy atom. The van der Waals surface area contributed by atoms with E-state index < -0.39 is 0 Å². The zero-order valence-electron chi connectivity index (χ0n) is 8.70. The normalized spacial score (nSPS) is 10.3. The molecule has 0 radical (unpaired) electrons. The topological polar surface area (TPSA) is 53.7 Å². The number of likely N-dealkylation sites (N-methyl/N-ethyl adjacent to an activating group) is 1. The van der Waals surface area contributed by atoms with Gasteiger partial charge in [-0.3, -0.25) is 4.79 Å². The average molecular weight is 197 g/mol. The Morgan fingerprint density at radius 1 is 1.57 bits per heavy atom. The lowest BCUT2D eigenvalue weighted by atomic mass is 10.1. The molecule has 1 aromatic heterocycles. The molecule has 14 heavy (non-hydrogen) atoms. The monoisotopic (exact) mass is 197 g/mol. The second-order valence-corrected chi connectivity index (χ2v) is 3.30. The van der Waals surface area contributed by atoms with Crippen molar-refractivity contribution in [2.45, 2.75) is 13.8 Å². The van der Waals surface area contributed by atoms with Gasteiger partial charge in [-0.05, 0) is 13.8 Å². The number of amides is 1. The molecule has 0 aliphatic heterocycles. The molecule has 1 aromatic rings. The number of furan rings is 1. The van der Waals surface area contributed by atoms with Gasteiger partial charge in [-0.25, -0.2) is 0 Å². The predicted molar refractivity (Wildman–Crippen MR) is 52.2 cm³/mol. The first-order valence-electron chi connectivity index (χ1n) is 4.49. The number of aryl methyl sites for hydroxylation is 2. The molecule has 0 unspecified atom stereocenters. The molecule has 1 N–H and O–H groups in total. The summed E-state index contributed by atoms with van der Waals surface area (Å²) in [5.74, 6) is 0.514.